The van der Waals surface area contributed by atoms with Gasteiger partial charge in [0.2, 0.25) is 0 Å². The van der Waals surface area contributed by atoms with Crippen molar-refractivity contribution in [2.75, 3.05) is 7.11 Å². The van der Waals surface area contributed by atoms with Crippen LogP contribution >= 0.6 is 0 Å². The van der Waals surface area contributed by atoms with Crippen molar-refractivity contribution in [1.29, 1.82) is 0 Å². The molecule has 0 amide bonds. The molecule has 0 aliphatic heterocycles. The molecule has 0 unspecified atom stereocenters. The van der Waals surface area contributed by atoms with Crippen LogP contribution in [0, 0.1) is 0 Å². The quantitative estimate of drug-likeness (QED) is 0.848. The van der Waals surface area contributed by atoms with Gasteiger partial charge in [-0.15, -0.1) is 0 Å². The van der Waals surface area contributed by atoms with Crippen LogP contribution in [0.1, 0.15) is 18.0 Å². The molecule has 15 heavy (non-hydrogen) atoms. The summed E-state index contributed by atoms with van der Waals surface area (Å²) >= 11 is 0. The largest absolute Gasteiger partial charge is 0.497 e. The van der Waals surface area contributed by atoms with Crippen LogP contribution < -0.4 is 10.5 Å². The van der Waals surface area contributed by atoms with E-state index in [9.17, 15) is 13.2 Å². The van der Waals surface area contributed by atoms with E-state index in [2.05, 4.69) is 0 Å². The van der Waals surface area contributed by atoms with E-state index < -0.39 is 18.6 Å². The Morgan fingerprint density at radius 1 is 1.27 bits per heavy atom. The number of benzene rings is 1. The molecule has 0 aliphatic rings. The molecule has 0 spiro atoms. The first-order chi connectivity index (χ1) is 6.92. The third-order valence-corrected chi connectivity index (χ3v) is 2.00. The predicted octanol–water partition coefficient (Wildman–Crippen LogP) is 2.65. The van der Waals surface area contributed by atoms with Crippen molar-refractivity contribution in [1.82, 2.24) is 0 Å². The van der Waals surface area contributed by atoms with Crippen molar-refractivity contribution >= 4 is 0 Å². The number of hydrogen-bond donors (Lipinski definition) is 1. The fourth-order valence-corrected chi connectivity index (χ4v) is 1.22. The van der Waals surface area contributed by atoms with E-state index in [-0.39, 0.29) is 0 Å². The minimum atomic E-state index is -4.24. The minimum Gasteiger partial charge on any atom is -0.497 e. The summed E-state index contributed by atoms with van der Waals surface area (Å²) in [6.07, 6.45) is -5.25. The third kappa shape index (κ3) is 3.79. The van der Waals surface area contributed by atoms with Crippen LogP contribution in [0.2, 0.25) is 0 Å². The Hall–Kier alpha value is -1.23. The van der Waals surface area contributed by atoms with Crippen molar-refractivity contribution in [3.8, 4) is 5.75 Å². The summed E-state index contributed by atoms with van der Waals surface area (Å²) in [4.78, 5) is 0. The van der Waals surface area contributed by atoms with Crippen molar-refractivity contribution < 1.29 is 17.9 Å². The first-order valence-corrected chi connectivity index (χ1v) is 4.38. The highest BCUT2D eigenvalue weighted by atomic mass is 19.4. The number of ether oxygens (including phenoxy) is 1. The van der Waals surface area contributed by atoms with E-state index in [1.807, 2.05) is 0 Å². The zero-order chi connectivity index (χ0) is 11.5. The van der Waals surface area contributed by atoms with E-state index >= 15 is 0 Å². The molecule has 2 N–H and O–H groups in total. The highest BCUT2D eigenvalue weighted by Gasteiger charge is 2.30. The Morgan fingerprint density at radius 3 is 2.20 bits per heavy atom. The maximum atomic E-state index is 12.0. The van der Waals surface area contributed by atoms with Gasteiger partial charge in [0.15, 0.2) is 0 Å². The third-order valence-electron chi connectivity index (χ3n) is 2.00. The Bertz CT molecular complexity index is 307. The number of hydrogen-bond acceptors (Lipinski definition) is 2. The second kappa shape index (κ2) is 4.53. The Morgan fingerprint density at radius 2 is 1.80 bits per heavy atom. The van der Waals surface area contributed by atoms with E-state index in [0.717, 1.165) is 0 Å². The van der Waals surface area contributed by atoms with Crippen LogP contribution in [-0.4, -0.2) is 13.3 Å². The van der Waals surface area contributed by atoms with Crippen LogP contribution in [-0.2, 0) is 0 Å². The van der Waals surface area contributed by atoms with Crippen LogP contribution in [0.5, 0.6) is 5.75 Å². The molecule has 1 atom stereocenters. The molecule has 2 nitrogen and oxygen atoms in total. The fourth-order valence-electron chi connectivity index (χ4n) is 1.22. The molecule has 0 saturated heterocycles. The molecule has 0 heterocycles. The smallest absolute Gasteiger partial charge is 0.390 e. The van der Waals surface area contributed by atoms with Gasteiger partial charge in [-0.3, -0.25) is 0 Å². The zero-order valence-electron chi connectivity index (χ0n) is 8.21. The first-order valence-electron chi connectivity index (χ1n) is 4.38. The van der Waals surface area contributed by atoms with Crippen molar-refractivity contribution in [2.45, 2.75) is 18.6 Å². The second-order valence-electron chi connectivity index (χ2n) is 3.20. The van der Waals surface area contributed by atoms with Crippen LogP contribution in [0.25, 0.3) is 0 Å². The number of alkyl halides is 3. The SMILES string of the molecule is COc1ccc([C@@H](N)CC(F)(F)F)cc1. The average molecular weight is 219 g/mol. The Kier molecular flexibility index (Phi) is 3.57. The van der Waals surface area contributed by atoms with Crippen molar-refractivity contribution in [2.24, 2.45) is 5.73 Å². The molecule has 0 bridgehead atoms. The molecule has 1 rings (SSSR count). The van der Waals surface area contributed by atoms with E-state index in [1.54, 1.807) is 12.1 Å². The van der Waals surface area contributed by atoms with Crippen LogP contribution in [0.15, 0.2) is 24.3 Å². The van der Waals surface area contributed by atoms with E-state index in [0.29, 0.717) is 11.3 Å². The van der Waals surface area contributed by atoms with Gasteiger partial charge in [0.05, 0.1) is 13.5 Å². The molecule has 1 aromatic rings. The lowest BCUT2D eigenvalue weighted by Crippen LogP contribution is -2.20. The monoisotopic (exact) mass is 219 g/mol. The van der Waals surface area contributed by atoms with Gasteiger partial charge in [0, 0.05) is 6.04 Å². The Labute approximate surface area is 85.8 Å². The lowest BCUT2D eigenvalue weighted by Gasteiger charge is -2.14. The average Bonchev–Trinajstić information content (AvgIpc) is 2.15. The number of methoxy groups -OCH3 is 1. The molecule has 0 radical (unpaired) electrons. The van der Waals surface area contributed by atoms with Gasteiger partial charge in [0.1, 0.15) is 5.75 Å². The molecular formula is C10H12F3NO. The summed E-state index contributed by atoms with van der Waals surface area (Å²) < 4.78 is 41.0. The first kappa shape index (κ1) is 11.8. The van der Waals surface area contributed by atoms with Gasteiger partial charge in [-0.2, -0.15) is 13.2 Å². The van der Waals surface area contributed by atoms with E-state index in [1.165, 1.54) is 19.2 Å². The molecule has 5 heteroatoms. The topological polar surface area (TPSA) is 35.2 Å². The van der Waals surface area contributed by atoms with Gasteiger partial charge >= 0.3 is 6.18 Å². The summed E-state index contributed by atoms with van der Waals surface area (Å²) in [7, 11) is 1.49. The maximum absolute atomic E-state index is 12.0. The summed E-state index contributed by atoms with van der Waals surface area (Å²) in [6, 6.07) is 5.23. The zero-order valence-corrected chi connectivity index (χ0v) is 8.21. The summed E-state index contributed by atoms with van der Waals surface area (Å²) in [5.41, 5.74) is 5.86. The molecular weight excluding hydrogens is 207 g/mol. The summed E-state index contributed by atoms with van der Waals surface area (Å²) in [5.74, 6) is 0.595. The molecule has 0 saturated carbocycles. The highest BCUT2D eigenvalue weighted by molar-refractivity contribution is 5.28. The molecule has 0 aromatic heterocycles. The summed E-state index contributed by atoms with van der Waals surface area (Å²) in [5, 5.41) is 0. The molecule has 1 aromatic carbocycles. The molecule has 84 valence electrons. The van der Waals surface area contributed by atoms with Gasteiger partial charge in [-0.05, 0) is 17.7 Å². The molecule has 0 aliphatic carbocycles. The van der Waals surface area contributed by atoms with Gasteiger partial charge < -0.3 is 10.5 Å². The van der Waals surface area contributed by atoms with Gasteiger partial charge in [0.25, 0.3) is 0 Å². The Balaban J connectivity index is 2.70. The number of rotatable bonds is 3. The lowest BCUT2D eigenvalue weighted by atomic mass is 10.0. The normalized spacial score (nSPS) is 13.7. The van der Waals surface area contributed by atoms with E-state index in [4.69, 9.17) is 10.5 Å². The van der Waals surface area contributed by atoms with Gasteiger partial charge in [-0.25, -0.2) is 0 Å². The lowest BCUT2D eigenvalue weighted by molar-refractivity contribution is -0.138. The van der Waals surface area contributed by atoms with Crippen molar-refractivity contribution in [3.05, 3.63) is 29.8 Å². The number of halogens is 3. The predicted molar refractivity (Wildman–Crippen MR) is 50.6 cm³/mol. The van der Waals surface area contributed by atoms with Gasteiger partial charge in [-0.1, -0.05) is 12.1 Å². The van der Waals surface area contributed by atoms with Crippen molar-refractivity contribution in [3.63, 3.8) is 0 Å². The van der Waals surface area contributed by atoms with Crippen LogP contribution in [0.3, 0.4) is 0 Å². The second-order valence-corrected chi connectivity index (χ2v) is 3.20. The maximum Gasteiger partial charge on any atom is 0.390 e. The summed E-state index contributed by atoms with van der Waals surface area (Å²) in [6.45, 7) is 0. The fraction of sp³-hybridized carbons (Fsp3) is 0.400. The number of nitrogens with two attached hydrogens (primary N) is 1. The van der Waals surface area contributed by atoms with Crippen LogP contribution in [0.4, 0.5) is 13.2 Å². The highest BCUT2D eigenvalue weighted by Crippen LogP contribution is 2.28. The standard InChI is InChI=1S/C10H12F3NO/c1-15-8-4-2-7(3-5-8)9(14)6-10(11,12)13/h2-5,9H,6,14H2,1H3/t9-/m0/s1. The molecule has 0 fully saturated rings. The minimum absolute atomic E-state index is 0.452.